The predicted molar refractivity (Wildman–Crippen MR) is 194 cm³/mol. The van der Waals surface area contributed by atoms with Gasteiger partial charge in [0.2, 0.25) is 5.82 Å². The average Bonchev–Trinajstić information content (AvgIpc) is 3.60. The van der Waals surface area contributed by atoms with Crippen molar-refractivity contribution in [2.45, 2.75) is 0 Å². The topological polar surface area (TPSA) is 12.9 Å². The molecule has 9 rings (SSSR count). The molecule has 0 saturated heterocycles. The van der Waals surface area contributed by atoms with Gasteiger partial charge in [-0.25, -0.2) is 26.9 Å². The first-order chi connectivity index (χ1) is 24.3. The van der Waals surface area contributed by atoms with Crippen molar-refractivity contribution in [1.82, 2.24) is 4.98 Å². The Bertz CT molecular complexity index is 2760. The highest BCUT2D eigenvalue weighted by Crippen LogP contribution is 2.37. The zero-order valence-corrected chi connectivity index (χ0v) is 26.8. The van der Waals surface area contributed by atoms with Crippen LogP contribution in [0.1, 0.15) is 0 Å². The summed E-state index contributed by atoms with van der Waals surface area (Å²) in [5.74, 6) is -9.82. The van der Waals surface area contributed by atoms with E-state index in [1.807, 2.05) is 36.4 Å². The van der Waals surface area contributed by atoms with Crippen LogP contribution in [0.15, 0.2) is 133 Å². The lowest BCUT2D eigenvalue weighted by Crippen LogP contribution is -2.04. The summed E-state index contributed by atoms with van der Waals surface area (Å²) in [6.45, 7) is 0. The smallest absolute Gasteiger partial charge is 0.200 e. The Hall–Kier alpha value is -5.92. The van der Waals surface area contributed by atoms with E-state index in [0.717, 1.165) is 65.3 Å². The first kappa shape index (κ1) is 30.2. The molecule has 0 bridgehead atoms. The molecule has 1 aromatic heterocycles. The summed E-state index contributed by atoms with van der Waals surface area (Å²) < 4.78 is 71.6. The number of hydrogen-bond donors (Lipinski definition) is 0. The van der Waals surface area contributed by atoms with Crippen molar-refractivity contribution in [3.8, 4) is 44.0 Å². The van der Waals surface area contributed by atoms with Gasteiger partial charge in [-0.1, -0.05) is 97.1 Å². The van der Waals surface area contributed by atoms with Crippen molar-refractivity contribution < 1.29 is 22.0 Å². The number of halogens is 5. The molecule has 0 saturated carbocycles. The van der Waals surface area contributed by atoms with E-state index in [0.29, 0.717) is 5.39 Å². The maximum Gasteiger partial charge on any atom is 0.200 e. The molecule has 240 valence electrons. The van der Waals surface area contributed by atoms with E-state index in [2.05, 4.69) is 72.8 Å². The van der Waals surface area contributed by atoms with Gasteiger partial charge in [0.1, 0.15) is 5.01 Å². The predicted octanol–water partition coefficient (Wildman–Crippen LogP) is 13.1. The second-order valence-electron chi connectivity index (χ2n) is 12.2. The molecule has 1 nitrogen and oxygen atoms in total. The molecule has 0 atom stereocenters. The number of nitrogens with zero attached hydrogens (tertiary/aromatic N) is 1. The fraction of sp³-hybridized carbons (Fsp3) is 0. The third-order valence-electron chi connectivity index (χ3n) is 9.27. The van der Waals surface area contributed by atoms with Crippen molar-refractivity contribution in [3.05, 3.63) is 163 Å². The van der Waals surface area contributed by atoms with E-state index in [-0.39, 0.29) is 5.56 Å². The number of thiazole rings is 1. The maximum atomic E-state index is 14.5. The van der Waals surface area contributed by atoms with Crippen molar-refractivity contribution >= 4 is 53.9 Å². The summed E-state index contributed by atoms with van der Waals surface area (Å²) in [6.07, 6.45) is 0. The summed E-state index contributed by atoms with van der Waals surface area (Å²) in [5.41, 5.74) is 5.39. The second kappa shape index (κ2) is 11.6. The van der Waals surface area contributed by atoms with Gasteiger partial charge in [0, 0.05) is 5.56 Å². The molecule has 7 heteroatoms. The summed E-state index contributed by atoms with van der Waals surface area (Å²) in [6, 6.07) is 43.7. The van der Waals surface area contributed by atoms with E-state index in [1.165, 1.54) is 16.8 Å². The van der Waals surface area contributed by atoms with Gasteiger partial charge in [0.05, 0.1) is 15.8 Å². The monoisotopic (exact) mass is 679 g/mol. The van der Waals surface area contributed by atoms with Crippen LogP contribution in [0.5, 0.6) is 0 Å². The van der Waals surface area contributed by atoms with Crippen LogP contribution in [0.4, 0.5) is 22.0 Å². The Balaban J connectivity index is 1.01. The zero-order chi connectivity index (χ0) is 34.1. The number of para-hydroxylation sites is 1. The molecule has 8 aromatic carbocycles. The van der Waals surface area contributed by atoms with E-state index in [9.17, 15) is 22.0 Å². The Labute approximate surface area is 286 Å². The van der Waals surface area contributed by atoms with E-state index in [4.69, 9.17) is 4.98 Å². The standard InChI is InChI=1S/C43H22F5NS/c44-38-37(39(45)41(47)42(48)40(38)46)32-16-18-34-31(22-32)14-13-30-21-29(15-17-33(30)34)28-12-11-26-19-25(9-10-27(26)20-28)23-5-7-24(8-6-23)43-49-35-3-1-2-4-36(35)50-43/h1-22H. The van der Waals surface area contributed by atoms with Crippen molar-refractivity contribution in [2.75, 3.05) is 0 Å². The third-order valence-corrected chi connectivity index (χ3v) is 10.4. The third kappa shape index (κ3) is 4.92. The van der Waals surface area contributed by atoms with Crippen molar-refractivity contribution in [3.63, 3.8) is 0 Å². The SMILES string of the molecule is Fc1c(F)c(F)c(-c2ccc3c(ccc4cc(-c5ccc6cc(-c7ccc(-c8nc9ccccc9s8)cc7)ccc6c5)ccc43)c2)c(F)c1F. The van der Waals surface area contributed by atoms with Crippen LogP contribution < -0.4 is 0 Å². The number of aromatic nitrogens is 1. The van der Waals surface area contributed by atoms with Crippen molar-refractivity contribution in [2.24, 2.45) is 0 Å². The highest BCUT2D eigenvalue weighted by molar-refractivity contribution is 7.21. The highest BCUT2D eigenvalue weighted by atomic mass is 32.1. The number of fused-ring (bicyclic) bond motifs is 5. The second-order valence-corrected chi connectivity index (χ2v) is 13.3. The lowest BCUT2D eigenvalue weighted by Gasteiger charge is -2.12. The lowest BCUT2D eigenvalue weighted by atomic mass is 9.94. The minimum absolute atomic E-state index is 0.0953. The molecular formula is C43H22F5NS. The summed E-state index contributed by atoms with van der Waals surface area (Å²) in [4.78, 5) is 4.78. The normalized spacial score (nSPS) is 11.7. The first-order valence-corrected chi connectivity index (χ1v) is 16.6. The molecule has 0 unspecified atom stereocenters. The largest absolute Gasteiger partial charge is 0.236 e. The summed E-state index contributed by atoms with van der Waals surface area (Å²) >= 11 is 1.69. The zero-order valence-electron chi connectivity index (χ0n) is 25.9. The van der Waals surface area contributed by atoms with Gasteiger partial charge >= 0.3 is 0 Å². The fourth-order valence-corrected chi connectivity index (χ4v) is 7.64. The van der Waals surface area contributed by atoms with Crippen LogP contribution >= 0.6 is 11.3 Å². The van der Waals surface area contributed by atoms with E-state index >= 15 is 0 Å². The average molecular weight is 680 g/mol. The van der Waals surface area contributed by atoms with Crippen LogP contribution in [0.2, 0.25) is 0 Å². The number of hydrogen-bond acceptors (Lipinski definition) is 2. The molecule has 1 heterocycles. The molecule has 0 aliphatic carbocycles. The Morgan fingerprint density at radius 2 is 0.820 bits per heavy atom. The molecular weight excluding hydrogens is 658 g/mol. The molecule has 0 N–H and O–H groups in total. The van der Waals surface area contributed by atoms with Gasteiger partial charge in [0.15, 0.2) is 23.3 Å². The molecule has 50 heavy (non-hydrogen) atoms. The Morgan fingerprint density at radius 3 is 1.44 bits per heavy atom. The summed E-state index contributed by atoms with van der Waals surface area (Å²) in [7, 11) is 0. The minimum atomic E-state index is -2.18. The van der Waals surface area contributed by atoms with Crippen LogP contribution in [0.25, 0.3) is 86.5 Å². The van der Waals surface area contributed by atoms with Gasteiger partial charge in [-0.05, 0) is 96.5 Å². The van der Waals surface area contributed by atoms with Gasteiger partial charge in [0.25, 0.3) is 0 Å². The van der Waals surface area contributed by atoms with Crippen LogP contribution in [0, 0.1) is 29.1 Å². The molecule has 0 aliphatic heterocycles. The Morgan fingerprint density at radius 1 is 0.380 bits per heavy atom. The molecule has 0 fully saturated rings. The van der Waals surface area contributed by atoms with Gasteiger partial charge in [-0.3, -0.25) is 0 Å². The highest BCUT2D eigenvalue weighted by Gasteiger charge is 2.26. The molecule has 0 amide bonds. The van der Waals surface area contributed by atoms with Gasteiger partial charge < -0.3 is 0 Å². The van der Waals surface area contributed by atoms with Crippen LogP contribution in [-0.4, -0.2) is 4.98 Å². The summed E-state index contributed by atoms with van der Waals surface area (Å²) in [5, 5.41) is 6.49. The molecule has 0 spiro atoms. The number of benzene rings is 8. The molecule has 0 radical (unpaired) electrons. The maximum absolute atomic E-state index is 14.5. The fourth-order valence-electron chi connectivity index (χ4n) is 6.67. The van der Waals surface area contributed by atoms with Gasteiger partial charge in [-0.15, -0.1) is 11.3 Å². The van der Waals surface area contributed by atoms with E-state index in [1.54, 1.807) is 23.5 Å². The van der Waals surface area contributed by atoms with Crippen LogP contribution in [-0.2, 0) is 0 Å². The quantitative estimate of drug-likeness (QED) is 0.0781. The van der Waals surface area contributed by atoms with Gasteiger partial charge in [-0.2, -0.15) is 0 Å². The molecule has 9 aromatic rings. The van der Waals surface area contributed by atoms with E-state index < -0.39 is 34.6 Å². The minimum Gasteiger partial charge on any atom is -0.236 e. The number of rotatable bonds is 4. The molecule has 0 aliphatic rings. The van der Waals surface area contributed by atoms with Crippen molar-refractivity contribution in [1.29, 1.82) is 0 Å². The first-order valence-electron chi connectivity index (χ1n) is 15.8. The Kier molecular flexibility index (Phi) is 7.00. The lowest BCUT2D eigenvalue weighted by molar-refractivity contribution is 0.381. The van der Waals surface area contributed by atoms with Crippen LogP contribution in [0.3, 0.4) is 0 Å².